The highest BCUT2D eigenvalue weighted by Gasteiger charge is 2.32. The number of rotatable bonds is 12. The third-order valence-electron chi connectivity index (χ3n) is 5.79. The largest absolute Gasteiger partial charge is 0.354 e. The predicted molar refractivity (Wildman–Crippen MR) is 148 cm³/mol. The lowest BCUT2D eigenvalue weighted by Crippen LogP contribution is -2.53. The van der Waals surface area contributed by atoms with Gasteiger partial charge in [-0.25, -0.2) is 8.42 Å². The molecule has 1 atom stereocenters. The van der Waals surface area contributed by atoms with Crippen molar-refractivity contribution in [1.82, 2.24) is 10.2 Å². The van der Waals surface area contributed by atoms with Crippen LogP contribution in [0.25, 0.3) is 0 Å². The topological polar surface area (TPSA) is 86.8 Å². The summed E-state index contributed by atoms with van der Waals surface area (Å²) in [6, 6.07) is 24.3. The van der Waals surface area contributed by atoms with Gasteiger partial charge in [-0.3, -0.25) is 13.9 Å². The average Bonchev–Trinajstić information content (AvgIpc) is 2.88. The summed E-state index contributed by atoms with van der Waals surface area (Å²) in [4.78, 5) is 28.7. The molecule has 9 heteroatoms. The van der Waals surface area contributed by atoms with E-state index in [0.717, 1.165) is 28.1 Å². The molecule has 0 saturated heterocycles. The molecule has 0 spiro atoms. The lowest BCUT2D eigenvalue weighted by Gasteiger charge is -2.33. The Kier molecular flexibility index (Phi) is 10.1. The second-order valence-electron chi connectivity index (χ2n) is 8.75. The maximum absolute atomic E-state index is 13.9. The first-order chi connectivity index (χ1) is 17.7. The minimum Gasteiger partial charge on any atom is -0.354 e. The number of carbonyl (C=O) groups is 2. The molecule has 3 rings (SSSR count). The molecule has 1 N–H and O–H groups in total. The molecule has 0 unspecified atom stereocenters. The van der Waals surface area contributed by atoms with Crippen molar-refractivity contribution in [2.24, 2.45) is 0 Å². The van der Waals surface area contributed by atoms with E-state index in [1.807, 2.05) is 67.6 Å². The van der Waals surface area contributed by atoms with Crippen molar-refractivity contribution in [3.05, 3.63) is 101 Å². The molecule has 37 heavy (non-hydrogen) atoms. The van der Waals surface area contributed by atoms with E-state index in [1.54, 1.807) is 18.2 Å². The fourth-order valence-corrected chi connectivity index (χ4v) is 4.97. The van der Waals surface area contributed by atoms with Crippen molar-refractivity contribution in [2.75, 3.05) is 23.7 Å². The molecule has 0 heterocycles. The smallest absolute Gasteiger partial charge is 0.244 e. The molecule has 2 amide bonds. The summed E-state index contributed by atoms with van der Waals surface area (Å²) in [5.41, 5.74) is 1.99. The van der Waals surface area contributed by atoms with E-state index in [-0.39, 0.29) is 24.6 Å². The van der Waals surface area contributed by atoms with Crippen LogP contribution < -0.4 is 9.62 Å². The summed E-state index contributed by atoms with van der Waals surface area (Å²) in [6.45, 7) is 2.09. The molecule has 0 aromatic heterocycles. The number of sulfonamides is 1. The number of nitrogens with zero attached hydrogens (tertiary/aromatic N) is 2. The van der Waals surface area contributed by atoms with Gasteiger partial charge in [0.25, 0.3) is 0 Å². The third kappa shape index (κ3) is 8.33. The van der Waals surface area contributed by atoms with E-state index in [2.05, 4.69) is 5.32 Å². The van der Waals surface area contributed by atoms with Gasteiger partial charge >= 0.3 is 0 Å². The van der Waals surface area contributed by atoms with E-state index >= 15 is 0 Å². The van der Waals surface area contributed by atoms with Crippen molar-refractivity contribution in [3.63, 3.8) is 0 Å². The van der Waals surface area contributed by atoms with Gasteiger partial charge in [-0.1, -0.05) is 85.3 Å². The Bertz CT molecular complexity index is 1290. The molecule has 0 aliphatic heterocycles. The normalized spacial score (nSPS) is 12.0. The molecule has 0 radical (unpaired) electrons. The highest BCUT2D eigenvalue weighted by Crippen LogP contribution is 2.23. The fraction of sp³-hybridized carbons (Fsp3) is 0.286. The first kappa shape index (κ1) is 28.2. The van der Waals surface area contributed by atoms with Crippen LogP contribution in [0.3, 0.4) is 0 Å². The number of hydrogen-bond donors (Lipinski definition) is 1. The number of nitrogens with one attached hydrogen (secondary N) is 1. The lowest BCUT2D eigenvalue weighted by molar-refractivity contribution is -0.140. The minimum atomic E-state index is -3.83. The van der Waals surface area contributed by atoms with Gasteiger partial charge in [-0.15, -0.1) is 0 Å². The molecule has 196 valence electrons. The fourth-order valence-electron chi connectivity index (χ4n) is 3.95. The molecule has 7 nitrogen and oxygen atoms in total. The summed E-state index contributed by atoms with van der Waals surface area (Å²) in [5.74, 6) is -0.787. The molecule has 3 aromatic rings. The number of carbonyl (C=O) groups excluding carboxylic acids is 2. The quantitative estimate of drug-likeness (QED) is 0.371. The Labute approximate surface area is 224 Å². The van der Waals surface area contributed by atoms with Crippen LogP contribution >= 0.6 is 11.6 Å². The van der Waals surface area contributed by atoms with Gasteiger partial charge in [0.15, 0.2) is 0 Å². The Morgan fingerprint density at radius 3 is 2.11 bits per heavy atom. The van der Waals surface area contributed by atoms with Gasteiger partial charge in [0.05, 0.1) is 11.9 Å². The minimum absolute atomic E-state index is 0.143. The van der Waals surface area contributed by atoms with Crippen LogP contribution in [0.2, 0.25) is 5.02 Å². The molecular weight excluding hydrogens is 510 g/mol. The number of hydrogen-bond acceptors (Lipinski definition) is 4. The number of benzene rings is 3. The molecule has 0 aliphatic rings. The van der Waals surface area contributed by atoms with E-state index in [0.29, 0.717) is 11.6 Å². The molecule has 0 bridgehead atoms. The van der Waals surface area contributed by atoms with Crippen molar-refractivity contribution >= 4 is 39.1 Å². The van der Waals surface area contributed by atoms with Crippen molar-refractivity contribution in [1.29, 1.82) is 0 Å². The van der Waals surface area contributed by atoms with E-state index in [9.17, 15) is 18.0 Å². The van der Waals surface area contributed by atoms with E-state index in [4.69, 9.17) is 11.6 Å². The second-order valence-corrected chi connectivity index (χ2v) is 11.1. The molecular formula is C28H32ClN3O4S. The Morgan fingerprint density at radius 1 is 0.919 bits per heavy atom. The zero-order chi connectivity index (χ0) is 26.8. The SMILES string of the molecule is CCCNC(=O)[C@H](Cc1ccccc1)N(Cc1ccccc1)C(=O)CN(c1cccc(Cl)c1)S(C)(=O)=O. The molecule has 0 aliphatic carbocycles. The zero-order valence-electron chi connectivity index (χ0n) is 21.0. The van der Waals surface area contributed by atoms with Crippen LogP contribution in [0.5, 0.6) is 0 Å². The Balaban J connectivity index is 2.02. The lowest BCUT2D eigenvalue weighted by atomic mass is 10.0. The van der Waals surface area contributed by atoms with Crippen LogP contribution in [0.15, 0.2) is 84.9 Å². The van der Waals surface area contributed by atoms with Gasteiger partial charge in [0.1, 0.15) is 12.6 Å². The van der Waals surface area contributed by atoms with Crippen LogP contribution in [-0.2, 0) is 32.6 Å². The summed E-state index contributed by atoms with van der Waals surface area (Å²) in [5, 5.41) is 3.26. The van der Waals surface area contributed by atoms with Crippen LogP contribution in [0.1, 0.15) is 24.5 Å². The highest BCUT2D eigenvalue weighted by atomic mass is 35.5. The van der Waals surface area contributed by atoms with Crippen molar-refractivity contribution in [2.45, 2.75) is 32.4 Å². The average molecular weight is 542 g/mol. The Morgan fingerprint density at radius 2 is 1.54 bits per heavy atom. The molecule has 0 saturated carbocycles. The number of halogens is 1. The Hall–Kier alpha value is -3.36. The summed E-state index contributed by atoms with van der Waals surface area (Å²) < 4.78 is 26.5. The number of amides is 2. The first-order valence-electron chi connectivity index (χ1n) is 12.1. The maximum atomic E-state index is 13.9. The van der Waals surface area contributed by atoms with Crippen LogP contribution in [0, 0.1) is 0 Å². The summed E-state index contributed by atoms with van der Waals surface area (Å²) in [7, 11) is -3.83. The van der Waals surface area contributed by atoms with Crippen LogP contribution in [0.4, 0.5) is 5.69 Å². The monoisotopic (exact) mass is 541 g/mol. The number of anilines is 1. The van der Waals surface area contributed by atoms with E-state index in [1.165, 1.54) is 11.0 Å². The van der Waals surface area contributed by atoms with Gasteiger partial charge in [0, 0.05) is 24.5 Å². The zero-order valence-corrected chi connectivity index (χ0v) is 22.6. The van der Waals surface area contributed by atoms with Gasteiger partial charge in [-0.2, -0.15) is 0 Å². The molecule has 0 fully saturated rings. The summed E-state index contributed by atoms with van der Waals surface area (Å²) >= 11 is 6.11. The first-order valence-corrected chi connectivity index (χ1v) is 14.3. The highest BCUT2D eigenvalue weighted by molar-refractivity contribution is 7.92. The van der Waals surface area contributed by atoms with Crippen LogP contribution in [-0.4, -0.2) is 50.5 Å². The third-order valence-corrected chi connectivity index (χ3v) is 7.17. The standard InChI is InChI=1S/C28H32ClN3O4S/c1-3-17-30-28(34)26(18-22-11-6-4-7-12-22)31(20-23-13-8-5-9-14-23)27(33)21-32(37(2,35)36)25-16-10-15-24(29)19-25/h4-16,19,26H,3,17-18,20-21H2,1-2H3,(H,30,34)/t26-/m0/s1. The van der Waals surface area contributed by atoms with Crippen molar-refractivity contribution in [3.8, 4) is 0 Å². The van der Waals surface area contributed by atoms with E-state index < -0.39 is 28.5 Å². The van der Waals surface area contributed by atoms with Crippen molar-refractivity contribution < 1.29 is 18.0 Å². The summed E-state index contributed by atoms with van der Waals surface area (Å²) in [6.07, 6.45) is 2.07. The predicted octanol–water partition coefficient (Wildman–Crippen LogP) is 4.27. The van der Waals surface area contributed by atoms with Gasteiger partial charge in [-0.05, 0) is 35.7 Å². The molecule has 3 aromatic carbocycles. The second kappa shape index (κ2) is 13.3. The van der Waals surface area contributed by atoms with Gasteiger partial charge in [0.2, 0.25) is 21.8 Å². The maximum Gasteiger partial charge on any atom is 0.244 e. The van der Waals surface area contributed by atoms with Gasteiger partial charge < -0.3 is 10.2 Å².